The maximum Gasteiger partial charge on any atom is 0.505 e. The van der Waals surface area contributed by atoms with Crippen LogP contribution in [0, 0.1) is 0 Å². The lowest BCUT2D eigenvalue weighted by Gasteiger charge is -2.41. The number of hydrogen-bond donors (Lipinski definition) is 1. The normalized spacial score (nSPS) is 20.8. The molecule has 0 saturated heterocycles. The molecule has 0 unspecified atom stereocenters. The minimum Gasteiger partial charge on any atom is -0.450 e. The Morgan fingerprint density at radius 2 is 1.93 bits per heavy atom. The molecule has 1 rings (SSSR count). The van der Waals surface area contributed by atoms with Crippen molar-refractivity contribution in [1.29, 1.82) is 0 Å². The minimum absolute atomic E-state index is 0.0589. The van der Waals surface area contributed by atoms with Crippen LogP contribution in [0.25, 0.3) is 0 Å². The summed E-state index contributed by atoms with van der Waals surface area (Å²) in [5.74, 6) is 0. The van der Waals surface area contributed by atoms with Gasteiger partial charge in [0.2, 0.25) is 0 Å². The quantitative estimate of drug-likeness (QED) is 0.709. The Morgan fingerprint density at radius 1 is 1.36 bits per heavy atom. The first kappa shape index (κ1) is 11.3. The highest BCUT2D eigenvalue weighted by molar-refractivity contribution is 5.56. The average Bonchev–Trinajstić information content (AvgIpc) is 2.16. The van der Waals surface area contributed by atoms with Crippen LogP contribution in [0.4, 0.5) is 4.79 Å². The van der Waals surface area contributed by atoms with E-state index in [1.807, 2.05) is 14.1 Å². The molecule has 0 aliphatic heterocycles. The van der Waals surface area contributed by atoms with E-state index in [-0.39, 0.29) is 5.54 Å². The maximum atomic E-state index is 10.4. The molecule has 4 nitrogen and oxygen atoms in total. The number of ether oxygens (including phenoxy) is 1. The summed E-state index contributed by atoms with van der Waals surface area (Å²) < 4.78 is 4.72. The predicted octanol–water partition coefficient (Wildman–Crippen LogP) is 1.95. The van der Waals surface area contributed by atoms with Gasteiger partial charge in [0.05, 0.1) is 5.54 Å². The molecular formula is C10H19NO3. The standard InChI is InChI=1S/C10H19NO3/c1-11(2)10(8-14-9(12)13)6-4-3-5-7-10/h3-8H2,1-2H3,(H,12,13). The van der Waals surface area contributed by atoms with E-state index in [2.05, 4.69) is 4.90 Å². The molecule has 0 amide bonds. The Hall–Kier alpha value is -0.770. The first-order chi connectivity index (χ1) is 6.57. The van der Waals surface area contributed by atoms with E-state index >= 15 is 0 Å². The van der Waals surface area contributed by atoms with Gasteiger partial charge in [-0.05, 0) is 26.9 Å². The van der Waals surface area contributed by atoms with Crippen LogP contribution < -0.4 is 0 Å². The van der Waals surface area contributed by atoms with E-state index in [9.17, 15) is 4.79 Å². The van der Waals surface area contributed by atoms with E-state index < -0.39 is 6.16 Å². The van der Waals surface area contributed by atoms with E-state index in [1.54, 1.807) is 0 Å². The van der Waals surface area contributed by atoms with Crippen LogP contribution in [-0.4, -0.2) is 42.4 Å². The van der Waals surface area contributed by atoms with E-state index in [1.165, 1.54) is 19.3 Å². The van der Waals surface area contributed by atoms with Crippen LogP contribution in [0.1, 0.15) is 32.1 Å². The van der Waals surface area contributed by atoms with Gasteiger partial charge in [0.1, 0.15) is 6.61 Å². The molecule has 1 N–H and O–H groups in total. The summed E-state index contributed by atoms with van der Waals surface area (Å²) in [7, 11) is 3.99. The second-order valence-electron chi connectivity index (χ2n) is 4.23. The molecule has 0 radical (unpaired) electrons. The highest BCUT2D eigenvalue weighted by Crippen LogP contribution is 2.32. The summed E-state index contributed by atoms with van der Waals surface area (Å²) >= 11 is 0. The third kappa shape index (κ3) is 2.61. The number of nitrogens with zero attached hydrogens (tertiary/aromatic N) is 1. The minimum atomic E-state index is -1.17. The molecule has 14 heavy (non-hydrogen) atoms. The molecule has 1 fully saturated rings. The largest absolute Gasteiger partial charge is 0.505 e. The third-order valence-electron chi connectivity index (χ3n) is 3.20. The first-order valence-electron chi connectivity index (χ1n) is 5.10. The molecule has 4 heteroatoms. The Bertz CT molecular complexity index is 198. The van der Waals surface area contributed by atoms with Crippen LogP contribution in [0.2, 0.25) is 0 Å². The molecular weight excluding hydrogens is 182 g/mol. The van der Waals surface area contributed by atoms with Gasteiger partial charge in [0.15, 0.2) is 0 Å². The zero-order chi connectivity index (χ0) is 10.6. The van der Waals surface area contributed by atoms with Gasteiger partial charge in [-0.25, -0.2) is 4.79 Å². The Kier molecular flexibility index (Phi) is 3.75. The van der Waals surface area contributed by atoms with Gasteiger partial charge in [-0.15, -0.1) is 0 Å². The Labute approximate surface area is 84.8 Å². The summed E-state index contributed by atoms with van der Waals surface area (Å²) in [6, 6.07) is 0. The van der Waals surface area contributed by atoms with Gasteiger partial charge in [0, 0.05) is 0 Å². The third-order valence-corrected chi connectivity index (χ3v) is 3.20. The van der Waals surface area contributed by atoms with Crippen molar-refractivity contribution in [3.05, 3.63) is 0 Å². The second kappa shape index (κ2) is 4.64. The molecule has 1 aliphatic rings. The number of rotatable bonds is 3. The van der Waals surface area contributed by atoms with Gasteiger partial charge < -0.3 is 14.7 Å². The van der Waals surface area contributed by atoms with Gasteiger partial charge in [-0.3, -0.25) is 0 Å². The van der Waals surface area contributed by atoms with Crippen molar-refractivity contribution in [2.45, 2.75) is 37.6 Å². The topological polar surface area (TPSA) is 49.8 Å². The maximum absolute atomic E-state index is 10.4. The van der Waals surface area contributed by atoms with Gasteiger partial charge >= 0.3 is 6.16 Å². The fourth-order valence-corrected chi connectivity index (χ4v) is 2.13. The van der Waals surface area contributed by atoms with Gasteiger partial charge in [-0.1, -0.05) is 19.3 Å². The predicted molar refractivity (Wildman–Crippen MR) is 53.5 cm³/mol. The highest BCUT2D eigenvalue weighted by atomic mass is 16.7. The average molecular weight is 201 g/mol. The van der Waals surface area contributed by atoms with Gasteiger partial charge in [0.25, 0.3) is 0 Å². The van der Waals surface area contributed by atoms with Crippen molar-refractivity contribution >= 4 is 6.16 Å². The number of carboxylic acid groups (broad SMARTS) is 1. The van der Waals surface area contributed by atoms with Crippen LogP contribution in [0.3, 0.4) is 0 Å². The molecule has 1 saturated carbocycles. The van der Waals surface area contributed by atoms with Crippen LogP contribution in [-0.2, 0) is 4.74 Å². The Balaban J connectivity index is 2.56. The van der Waals surface area contributed by atoms with E-state index in [0.29, 0.717) is 6.61 Å². The molecule has 0 heterocycles. The molecule has 0 aromatic carbocycles. The lowest BCUT2D eigenvalue weighted by atomic mass is 9.81. The fraction of sp³-hybridized carbons (Fsp3) is 0.900. The van der Waals surface area contributed by atoms with E-state index in [4.69, 9.17) is 9.84 Å². The van der Waals surface area contributed by atoms with Crippen molar-refractivity contribution in [1.82, 2.24) is 4.90 Å². The smallest absolute Gasteiger partial charge is 0.450 e. The Morgan fingerprint density at radius 3 is 2.36 bits per heavy atom. The van der Waals surface area contributed by atoms with Crippen LogP contribution in [0.15, 0.2) is 0 Å². The highest BCUT2D eigenvalue weighted by Gasteiger charge is 2.35. The van der Waals surface area contributed by atoms with Crippen molar-refractivity contribution < 1.29 is 14.6 Å². The zero-order valence-corrected chi connectivity index (χ0v) is 8.95. The number of carbonyl (C=O) groups is 1. The molecule has 0 bridgehead atoms. The molecule has 0 aromatic rings. The zero-order valence-electron chi connectivity index (χ0n) is 8.95. The number of hydrogen-bond acceptors (Lipinski definition) is 3. The number of likely N-dealkylation sites (N-methyl/N-ethyl adjacent to an activating group) is 1. The SMILES string of the molecule is CN(C)C1(COC(=O)O)CCCCC1. The van der Waals surface area contributed by atoms with Crippen LogP contribution in [0.5, 0.6) is 0 Å². The van der Waals surface area contributed by atoms with Crippen molar-refractivity contribution in [3.63, 3.8) is 0 Å². The van der Waals surface area contributed by atoms with Crippen molar-refractivity contribution in [3.8, 4) is 0 Å². The second-order valence-corrected chi connectivity index (χ2v) is 4.23. The molecule has 0 aromatic heterocycles. The van der Waals surface area contributed by atoms with Crippen LogP contribution >= 0.6 is 0 Å². The fourth-order valence-electron chi connectivity index (χ4n) is 2.13. The molecule has 1 aliphatic carbocycles. The summed E-state index contributed by atoms with van der Waals surface area (Å²) in [4.78, 5) is 12.5. The molecule has 0 spiro atoms. The molecule has 0 atom stereocenters. The van der Waals surface area contributed by atoms with Gasteiger partial charge in [-0.2, -0.15) is 0 Å². The summed E-state index contributed by atoms with van der Waals surface area (Å²) in [5, 5.41) is 8.50. The summed E-state index contributed by atoms with van der Waals surface area (Å²) in [6.45, 7) is 0.301. The lowest BCUT2D eigenvalue weighted by molar-refractivity contribution is 0.00409. The first-order valence-corrected chi connectivity index (χ1v) is 5.10. The molecule has 82 valence electrons. The lowest BCUT2D eigenvalue weighted by Crippen LogP contribution is -2.49. The monoisotopic (exact) mass is 201 g/mol. The van der Waals surface area contributed by atoms with E-state index in [0.717, 1.165) is 12.8 Å². The summed E-state index contributed by atoms with van der Waals surface area (Å²) in [5.41, 5.74) is -0.0589. The summed E-state index contributed by atoms with van der Waals surface area (Å²) in [6.07, 6.45) is 4.49. The van der Waals surface area contributed by atoms with Crippen molar-refractivity contribution in [2.75, 3.05) is 20.7 Å². The van der Waals surface area contributed by atoms with Crippen molar-refractivity contribution in [2.24, 2.45) is 0 Å².